The average Bonchev–Trinajstić information content (AvgIpc) is 3.57. The third-order valence-corrected chi connectivity index (χ3v) is 18.8. The number of nitrogens with zero attached hydrogens (tertiary/aromatic N) is 4. The molecule has 3 fully saturated rings. The summed E-state index contributed by atoms with van der Waals surface area (Å²) in [5.41, 5.74) is 1.75. The number of ether oxygens (including phenoxy) is 1. The largest absolute Gasteiger partial charge is 0.508 e. The van der Waals surface area contributed by atoms with Crippen molar-refractivity contribution >= 4 is 35.6 Å². The van der Waals surface area contributed by atoms with Crippen LogP contribution in [0.5, 0.6) is 11.8 Å². The average molecular weight is 792 g/mol. The number of fused-ring (bicyclic) bond motifs is 3. The summed E-state index contributed by atoms with van der Waals surface area (Å²) in [6.07, 6.45) is 0.949. The van der Waals surface area contributed by atoms with Gasteiger partial charge in [-0.25, -0.2) is 17.6 Å². The van der Waals surface area contributed by atoms with Crippen molar-refractivity contribution in [2.24, 2.45) is 0 Å². The van der Waals surface area contributed by atoms with E-state index in [1.807, 2.05) is 0 Å². The minimum absolute atomic E-state index is 0.00465. The molecule has 13 heteroatoms. The van der Waals surface area contributed by atoms with Gasteiger partial charge in [0.15, 0.2) is 5.82 Å². The number of phenolic OH excluding ortho intramolecular Hbond substituents is 1. The van der Waals surface area contributed by atoms with Crippen molar-refractivity contribution in [3.8, 4) is 34.4 Å². The van der Waals surface area contributed by atoms with E-state index in [4.69, 9.17) is 9.72 Å². The van der Waals surface area contributed by atoms with Gasteiger partial charge >= 0.3 is 6.01 Å². The van der Waals surface area contributed by atoms with Gasteiger partial charge in [-0.05, 0) is 72.6 Å². The molecule has 0 radical (unpaired) electrons. The van der Waals surface area contributed by atoms with E-state index in [1.165, 1.54) is 24.3 Å². The molecule has 1 unspecified atom stereocenters. The SMILES string of the molecule is CC(C)[Si](C#Cc1c(F)ccc2cc(O)cc(-c3c(F)cc4c(N5CCNCC(C)(O)C5)nc(OC[C@@]56CCCN5C[C@H](F)C6)nc4c3F)c12)(C(C)C)C(C)C. The lowest BCUT2D eigenvalue weighted by molar-refractivity contribution is 0.0728. The predicted octanol–water partition coefficient (Wildman–Crippen LogP) is 8.26. The van der Waals surface area contributed by atoms with Gasteiger partial charge in [-0.3, -0.25) is 4.90 Å². The van der Waals surface area contributed by atoms with Crippen LogP contribution < -0.4 is 15.0 Å². The van der Waals surface area contributed by atoms with Crippen molar-refractivity contribution < 1.29 is 32.5 Å². The second-order valence-corrected chi connectivity index (χ2v) is 23.0. The Bertz CT molecular complexity index is 2200. The van der Waals surface area contributed by atoms with Crippen LogP contribution >= 0.6 is 0 Å². The summed E-state index contributed by atoms with van der Waals surface area (Å²) in [6, 6.07) is 6.38. The van der Waals surface area contributed by atoms with Crippen LogP contribution in [0.25, 0.3) is 32.8 Å². The lowest BCUT2D eigenvalue weighted by Gasteiger charge is -2.38. The first kappa shape index (κ1) is 40.2. The molecule has 4 heterocycles. The first-order valence-electron chi connectivity index (χ1n) is 19.8. The topological polar surface area (TPSA) is 94.0 Å². The Labute approximate surface area is 327 Å². The van der Waals surface area contributed by atoms with Crippen LogP contribution in [-0.2, 0) is 0 Å². The maximum absolute atomic E-state index is 17.4. The van der Waals surface area contributed by atoms with Crippen LogP contribution in [0.3, 0.4) is 0 Å². The highest BCUT2D eigenvalue weighted by Gasteiger charge is 2.49. The van der Waals surface area contributed by atoms with Crippen LogP contribution in [-0.4, -0.2) is 96.3 Å². The van der Waals surface area contributed by atoms with Gasteiger partial charge < -0.3 is 25.2 Å². The fourth-order valence-electron chi connectivity index (χ4n) is 10.0. The smallest absolute Gasteiger partial charge is 0.319 e. The fraction of sp³-hybridized carbons (Fsp3) is 0.535. The number of phenols is 1. The predicted molar refractivity (Wildman–Crippen MR) is 216 cm³/mol. The molecular formula is C43H53F4N5O3Si. The van der Waals surface area contributed by atoms with E-state index in [0.29, 0.717) is 38.0 Å². The van der Waals surface area contributed by atoms with Crippen LogP contribution in [0, 0.1) is 28.9 Å². The number of benzene rings is 3. The summed E-state index contributed by atoms with van der Waals surface area (Å²) >= 11 is 0. The molecule has 3 aliphatic rings. The minimum Gasteiger partial charge on any atom is -0.508 e. The monoisotopic (exact) mass is 791 g/mol. The zero-order valence-electron chi connectivity index (χ0n) is 33.4. The summed E-state index contributed by atoms with van der Waals surface area (Å²) in [5.74, 6) is 0.431. The van der Waals surface area contributed by atoms with Crippen molar-refractivity contribution in [1.82, 2.24) is 20.2 Å². The Morgan fingerprint density at radius 2 is 1.75 bits per heavy atom. The zero-order chi connectivity index (χ0) is 40.3. The van der Waals surface area contributed by atoms with Gasteiger partial charge in [0.2, 0.25) is 0 Å². The van der Waals surface area contributed by atoms with Gasteiger partial charge in [-0.15, -0.1) is 5.54 Å². The van der Waals surface area contributed by atoms with Crippen molar-refractivity contribution in [2.45, 2.75) is 102 Å². The van der Waals surface area contributed by atoms with Gasteiger partial charge in [0.05, 0.1) is 22.3 Å². The molecule has 3 aliphatic heterocycles. The van der Waals surface area contributed by atoms with E-state index in [9.17, 15) is 14.6 Å². The normalized spacial score (nSPS) is 23.3. The molecule has 3 N–H and O–H groups in total. The second-order valence-electron chi connectivity index (χ2n) is 17.4. The number of aromatic hydroxyl groups is 1. The Hall–Kier alpha value is -3.96. The number of aliphatic hydroxyl groups is 1. The molecule has 56 heavy (non-hydrogen) atoms. The first-order chi connectivity index (χ1) is 26.5. The quantitative estimate of drug-likeness (QED) is 0.0934. The number of rotatable bonds is 8. The number of hydrogen-bond donors (Lipinski definition) is 3. The highest BCUT2D eigenvalue weighted by molar-refractivity contribution is 6.90. The molecular weight excluding hydrogens is 739 g/mol. The number of nitrogens with one attached hydrogen (secondary N) is 1. The first-order valence-corrected chi connectivity index (χ1v) is 22.1. The molecule has 0 saturated carbocycles. The van der Waals surface area contributed by atoms with E-state index >= 15 is 13.2 Å². The molecule has 0 aliphatic carbocycles. The van der Waals surface area contributed by atoms with E-state index < -0.39 is 48.4 Å². The van der Waals surface area contributed by atoms with Crippen LogP contribution in [0.1, 0.15) is 73.3 Å². The Morgan fingerprint density at radius 1 is 1.02 bits per heavy atom. The molecule has 1 aromatic heterocycles. The van der Waals surface area contributed by atoms with Crippen LogP contribution in [0.2, 0.25) is 16.6 Å². The van der Waals surface area contributed by atoms with Gasteiger partial charge in [0.25, 0.3) is 0 Å². The lowest BCUT2D eigenvalue weighted by Crippen LogP contribution is -2.44. The molecule has 0 spiro atoms. The molecule has 7 rings (SSSR count). The third-order valence-electron chi connectivity index (χ3n) is 12.6. The Balaban J connectivity index is 1.44. The van der Waals surface area contributed by atoms with Crippen molar-refractivity contribution in [3.05, 3.63) is 53.3 Å². The second kappa shape index (κ2) is 15.1. The van der Waals surface area contributed by atoms with Crippen molar-refractivity contribution in [2.75, 3.05) is 50.8 Å². The van der Waals surface area contributed by atoms with Crippen molar-refractivity contribution in [3.63, 3.8) is 0 Å². The number of halogens is 4. The maximum atomic E-state index is 17.4. The summed E-state index contributed by atoms with van der Waals surface area (Å²) in [7, 11) is -2.37. The summed E-state index contributed by atoms with van der Waals surface area (Å²) in [4.78, 5) is 13.1. The molecule has 300 valence electrons. The minimum atomic E-state index is -2.37. The van der Waals surface area contributed by atoms with E-state index in [1.54, 1.807) is 11.8 Å². The number of β-amino-alcohol motifs (C(OH)–C–C–N with tert-alkyl or cyclic N) is 1. The lowest BCUT2D eigenvalue weighted by atomic mass is 9.92. The van der Waals surface area contributed by atoms with Crippen molar-refractivity contribution in [1.29, 1.82) is 0 Å². The molecule has 3 aromatic carbocycles. The number of alkyl halides is 1. The van der Waals surface area contributed by atoms with E-state index in [0.717, 1.165) is 25.5 Å². The number of aromatic nitrogens is 2. The molecule has 8 nitrogen and oxygen atoms in total. The van der Waals surface area contributed by atoms with Crippen LogP contribution in [0.15, 0.2) is 30.3 Å². The standard InChI is InChI=1S/C43H53F4N5O3Si/c1-25(2)56(26(3)4,27(5)6)16-11-31-34(45)10-9-28-17-30(53)18-32(36(28)31)37-35(46)19-33-39(38(37)47)49-41(50-40(33)51-15-13-48-22-42(7,54)23-51)55-24-43-12-8-14-52(43)21-29(44)20-43/h9-10,17-19,25-27,29,48,53-54H,8,12-15,20-24H2,1-7H3/t29-,42?,43+/m1/s1. The van der Waals surface area contributed by atoms with E-state index in [2.05, 4.69) is 68.2 Å². The highest BCUT2D eigenvalue weighted by atomic mass is 28.3. The number of hydrogen-bond acceptors (Lipinski definition) is 8. The van der Waals surface area contributed by atoms with Gasteiger partial charge in [-0.2, -0.15) is 9.97 Å². The molecule has 0 amide bonds. The zero-order valence-corrected chi connectivity index (χ0v) is 34.4. The van der Waals surface area contributed by atoms with Gasteiger partial charge in [0.1, 0.15) is 49.6 Å². The molecule has 4 aromatic rings. The van der Waals surface area contributed by atoms with Gasteiger partial charge in [-0.1, -0.05) is 53.5 Å². The van der Waals surface area contributed by atoms with Crippen LogP contribution in [0.4, 0.5) is 23.4 Å². The third kappa shape index (κ3) is 7.12. The van der Waals surface area contributed by atoms with Gasteiger partial charge in [0, 0.05) is 55.5 Å². The summed E-state index contributed by atoms with van der Waals surface area (Å²) in [6.45, 7) is 16.9. The molecule has 0 bridgehead atoms. The Morgan fingerprint density at radius 3 is 2.46 bits per heavy atom. The summed E-state index contributed by atoms with van der Waals surface area (Å²) < 4.78 is 71.2. The molecule has 3 atom stereocenters. The molecule has 3 saturated heterocycles. The summed E-state index contributed by atoms with van der Waals surface area (Å²) in [5, 5.41) is 25.8. The number of anilines is 1. The van der Waals surface area contributed by atoms with E-state index in [-0.39, 0.29) is 74.8 Å². The fourth-order valence-corrected chi connectivity index (χ4v) is 15.2. The maximum Gasteiger partial charge on any atom is 0.319 e. The highest BCUT2D eigenvalue weighted by Crippen LogP contribution is 2.44. The Kier molecular flexibility index (Phi) is 10.8.